The first kappa shape index (κ1) is 15.7. The van der Waals surface area contributed by atoms with Gasteiger partial charge in [-0.15, -0.1) is 0 Å². The third kappa shape index (κ3) is 3.51. The van der Waals surface area contributed by atoms with Gasteiger partial charge < -0.3 is 5.32 Å². The van der Waals surface area contributed by atoms with Gasteiger partial charge in [0.25, 0.3) is 0 Å². The lowest BCUT2D eigenvalue weighted by atomic mass is 9.75. The maximum Gasteiger partial charge on any atom is 0.123 e. The Kier molecular flexibility index (Phi) is 4.79. The van der Waals surface area contributed by atoms with Crippen LogP contribution in [0.1, 0.15) is 30.5 Å². The maximum atomic E-state index is 13.5. The van der Waals surface area contributed by atoms with E-state index in [9.17, 15) is 4.39 Å². The van der Waals surface area contributed by atoms with Crippen LogP contribution in [0.4, 0.5) is 4.39 Å². The second-order valence-electron chi connectivity index (χ2n) is 6.20. The third-order valence-corrected chi connectivity index (χ3v) is 4.47. The summed E-state index contributed by atoms with van der Waals surface area (Å²) in [5.74, 6) is -0.164. The summed E-state index contributed by atoms with van der Waals surface area (Å²) in [6.45, 7) is 6.51. The first-order valence-corrected chi connectivity index (χ1v) is 7.43. The topological polar surface area (TPSA) is 12.0 Å². The molecule has 0 aliphatic carbocycles. The lowest BCUT2D eigenvalue weighted by Crippen LogP contribution is -2.44. The highest BCUT2D eigenvalue weighted by atomic mass is 19.1. The minimum atomic E-state index is -0.164. The van der Waals surface area contributed by atoms with Crippen molar-refractivity contribution < 1.29 is 4.39 Å². The molecule has 1 nitrogen and oxygen atoms in total. The van der Waals surface area contributed by atoms with Crippen molar-refractivity contribution in [2.24, 2.45) is 0 Å². The van der Waals surface area contributed by atoms with E-state index < -0.39 is 0 Å². The number of aryl methyl sites for hydroxylation is 1. The van der Waals surface area contributed by atoms with Gasteiger partial charge in [-0.25, -0.2) is 4.39 Å². The molecule has 1 N–H and O–H groups in total. The quantitative estimate of drug-likeness (QED) is 0.866. The molecule has 0 saturated carbocycles. The number of hydrogen-bond acceptors (Lipinski definition) is 1. The van der Waals surface area contributed by atoms with E-state index in [1.165, 1.54) is 11.6 Å². The van der Waals surface area contributed by atoms with E-state index in [1.54, 1.807) is 6.07 Å². The summed E-state index contributed by atoms with van der Waals surface area (Å²) >= 11 is 0. The average Bonchev–Trinajstić information content (AvgIpc) is 2.48. The van der Waals surface area contributed by atoms with Gasteiger partial charge in [-0.1, -0.05) is 50.2 Å². The lowest BCUT2D eigenvalue weighted by Gasteiger charge is -2.35. The molecule has 1 unspecified atom stereocenters. The van der Waals surface area contributed by atoms with Crippen molar-refractivity contribution in [1.82, 2.24) is 5.32 Å². The Morgan fingerprint density at radius 3 is 2.38 bits per heavy atom. The fourth-order valence-electron chi connectivity index (χ4n) is 2.87. The monoisotopic (exact) mass is 285 g/mol. The van der Waals surface area contributed by atoms with Gasteiger partial charge in [0.1, 0.15) is 5.82 Å². The van der Waals surface area contributed by atoms with Crippen molar-refractivity contribution in [3.05, 3.63) is 71.0 Å². The van der Waals surface area contributed by atoms with Crippen LogP contribution in [0.25, 0.3) is 0 Å². The van der Waals surface area contributed by atoms with Crippen LogP contribution in [0.3, 0.4) is 0 Å². The summed E-state index contributed by atoms with van der Waals surface area (Å²) in [7, 11) is 1.98. The zero-order valence-electron chi connectivity index (χ0n) is 13.3. The second-order valence-corrected chi connectivity index (χ2v) is 6.20. The predicted molar refractivity (Wildman–Crippen MR) is 87.2 cm³/mol. The van der Waals surface area contributed by atoms with Crippen LogP contribution >= 0.6 is 0 Å². The van der Waals surface area contributed by atoms with Gasteiger partial charge in [0.05, 0.1) is 0 Å². The van der Waals surface area contributed by atoms with E-state index >= 15 is 0 Å². The van der Waals surface area contributed by atoms with Crippen molar-refractivity contribution in [2.75, 3.05) is 7.05 Å². The molecule has 112 valence electrons. The number of halogens is 1. The highest BCUT2D eigenvalue weighted by Gasteiger charge is 2.30. The molecule has 0 aliphatic heterocycles. The fraction of sp³-hybridized carbons (Fsp3) is 0.368. The first-order chi connectivity index (χ1) is 9.95. The van der Waals surface area contributed by atoms with Gasteiger partial charge in [-0.2, -0.15) is 0 Å². The van der Waals surface area contributed by atoms with E-state index in [2.05, 4.69) is 43.4 Å². The molecular formula is C19H24FN. The van der Waals surface area contributed by atoms with Crippen LogP contribution in [0.2, 0.25) is 0 Å². The number of nitrogens with one attached hydrogen (secondary N) is 1. The molecule has 2 aromatic rings. The van der Waals surface area contributed by atoms with Crippen molar-refractivity contribution in [3.8, 4) is 0 Å². The molecule has 2 heteroatoms. The van der Waals surface area contributed by atoms with E-state index in [1.807, 2.05) is 26.1 Å². The summed E-state index contributed by atoms with van der Waals surface area (Å²) in [6, 6.07) is 15.7. The summed E-state index contributed by atoms with van der Waals surface area (Å²) in [4.78, 5) is 0. The highest BCUT2D eigenvalue weighted by molar-refractivity contribution is 5.31. The minimum absolute atomic E-state index is 0.0330. The van der Waals surface area contributed by atoms with Crippen molar-refractivity contribution in [1.29, 1.82) is 0 Å². The van der Waals surface area contributed by atoms with Crippen LogP contribution in [0.15, 0.2) is 48.5 Å². The van der Waals surface area contributed by atoms with Gasteiger partial charge in [0, 0.05) is 11.5 Å². The lowest BCUT2D eigenvalue weighted by molar-refractivity contribution is 0.356. The number of hydrogen-bond donors (Lipinski definition) is 1. The molecule has 0 heterocycles. The molecular weight excluding hydrogens is 261 g/mol. The largest absolute Gasteiger partial charge is 0.316 e. The zero-order valence-corrected chi connectivity index (χ0v) is 13.3. The summed E-state index contributed by atoms with van der Waals surface area (Å²) in [5.41, 5.74) is 3.46. The molecule has 0 saturated heterocycles. The summed E-state index contributed by atoms with van der Waals surface area (Å²) in [5, 5.41) is 3.41. The van der Waals surface area contributed by atoms with E-state index in [4.69, 9.17) is 0 Å². The van der Waals surface area contributed by atoms with E-state index in [0.717, 1.165) is 17.5 Å². The standard InChI is InChI=1S/C19H24FN/c1-14-10-11-17(20)12-15(14)13-18(21-4)19(2,3)16-8-6-5-7-9-16/h5-12,18,21H,13H2,1-4H3. The van der Waals surface area contributed by atoms with Gasteiger partial charge in [-0.3, -0.25) is 0 Å². The molecule has 1 atom stereocenters. The fourth-order valence-corrected chi connectivity index (χ4v) is 2.87. The van der Waals surface area contributed by atoms with Crippen LogP contribution in [-0.4, -0.2) is 13.1 Å². The molecule has 2 rings (SSSR count). The number of likely N-dealkylation sites (N-methyl/N-ethyl adjacent to an activating group) is 1. The van der Waals surface area contributed by atoms with Crippen LogP contribution < -0.4 is 5.32 Å². The summed E-state index contributed by atoms with van der Waals surface area (Å²) < 4.78 is 13.5. The van der Waals surface area contributed by atoms with Crippen molar-refractivity contribution >= 4 is 0 Å². The Labute approximate surface area is 127 Å². The highest BCUT2D eigenvalue weighted by Crippen LogP contribution is 2.29. The second kappa shape index (κ2) is 6.40. The van der Waals surface area contributed by atoms with Crippen molar-refractivity contribution in [2.45, 2.75) is 38.6 Å². The third-order valence-electron chi connectivity index (χ3n) is 4.47. The molecule has 0 fully saturated rings. The van der Waals surface area contributed by atoms with Crippen LogP contribution in [0.5, 0.6) is 0 Å². The van der Waals surface area contributed by atoms with Gasteiger partial charge in [0.15, 0.2) is 0 Å². The summed E-state index contributed by atoms with van der Waals surface area (Å²) in [6.07, 6.45) is 0.808. The average molecular weight is 285 g/mol. The Morgan fingerprint density at radius 2 is 1.76 bits per heavy atom. The minimum Gasteiger partial charge on any atom is -0.316 e. The Bertz CT molecular complexity index is 590. The van der Waals surface area contributed by atoms with Crippen LogP contribution in [0, 0.1) is 12.7 Å². The van der Waals surface area contributed by atoms with Gasteiger partial charge in [-0.05, 0) is 49.2 Å². The number of rotatable bonds is 5. The normalized spacial score (nSPS) is 13.2. The van der Waals surface area contributed by atoms with Crippen LogP contribution in [-0.2, 0) is 11.8 Å². The molecule has 2 aromatic carbocycles. The Morgan fingerprint density at radius 1 is 1.10 bits per heavy atom. The van der Waals surface area contributed by atoms with E-state index in [-0.39, 0.29) is 17.3 Å². The van der Waals surface area contributed by atoms with Gasteiger partial charge in [0.2, 0.25) is 0 Å². The molecule has 0 bridgehead atoms. The van der Waals surface area contributed by atoms with Crippen molar-refractivity contribution in [3.63, 3.8) is 0 Å². The first-order valence-electron chi connectivity index (χ1n) is 7.43. The molecule has 21 heavy (non-hydrogen) atoms. The molecule has 0 aromatic heterocycles. The Balaban J connectivity index is 2.29. The van der Waals surface area contributed by atoms with Gasteiger partial charge >= 0.3 is 0 Å². The number of benzene rings is 2. The zero-order chi connectivity index (χ0) is 15.5. The molecule has 0 spiro atoms. The Hall–Kier alpha value is -1.67. The molecule has 0 aliphatic rings. The molecule has 0 amide bonds. The predicted octanol–water partition coefficient (Wildman–Crippen LogP) is 4.24. The van der Waals surface area contributed by atoms with E-state index in [0.29, 0.717) is 0 Å². The maximum absolute atomic E-state index is 13.5. The molecule has 0 radical (unpaired) electrons. The SMILES string of the molecule is CNC(Cc1cc(F)ccc1C)C(C)(C)c1ccccc1. The smallest absolute Gasteiger partial charge is 0.123 e.